The summed E-state index contributed by atoms with van der Waals surface area (Å²) in [6.45, 7) is 4.02. The molecule has 0 saturated heterocycles. The summed E-state index contributed by atoms with van der Waals surface area (Å²) >= 11 is 0. The lowest BCUT2D eigenvalue weighted by Gasteiger charge is -2.27. The van der Waals surface area contributed by atoms with Gasteiger partial charge in [0.2, 0.25) is 5.91 Å². The number of carbonyl (C=O) groups excluding carboxylic acids is 2. The average molecular weight is 488 g/mol. The second-order valence-electron chi connectivity index (χ2n) is 8.14. The van der Waals surface area contributed by atoms with E-state index in [2.05, 4.69) is 5.32 Å². The number of nitrogens with one attached hydrogen (secondary N) is 1. The minimum Gasteiger partial charge on any atom is -0.464 e. The molecule has 3 aromatic rings. The number of rotatable bonds is 9. The number of carbonyl (C=O) groups is 2. The summed E-state index contributed by atoms with van der Waals surface area (Å²) in [5.41, 5.74) is -0.407. The van der Waals surface area contributed by atoms with E-state index in [4.69, 9.17) is 4.42 Å². The van der Waals surface area contributed by atoms with Crippen LogP contribution in [0.1, 0.15) is 36.0 Å². The molecule has 1 heterocycles. The fourth-order valence-corrected chi connectivity index (χ4v) is 3.61. The third-order valence-electron chi connectivity index (χ3n) is 5.29. The number of hydrogen-bond donors (Lipinski definition) is 1. The molecule has 0 aliphatic rings. The van der Waals surface area contributed by atoms with Crippen LogP contribution in [-0.4, -0.2) is 34.8 Å². The molecule has 0 unspecified atom stereocenters. The zero-order valence-corrected chi connectivity index (χ0v) is 19.6. The van der Waals surface area contributed by atoms with Gasteiger partial charge in [-0.15, -0.1) is 0 Å². The number of nitrogens with zero attached hydrogens (tertiary/aromatic N) is 2. The fourth-order valence-electron chi connectivity index (χ4n) is 3.61. The smallest absolute Gasteiger partial charge is 0.418 e. The molecule has 3 amide bonds. The van der Waals surface area contributed by atoms with Gasteiger partial charge in [-0.1, -0.05) is 49.4 Å². The zero-order valence-electron chi connectivity index (χ0n) is 19.6. The Labute approximate surface area is 202 Å². The van der Waals surface area contributed by atoms with E-state index >= 15 is 0 Å². The highest BCUT2D eigenvalue weighted by Crippen LogP contribution is 2.34. The van der Waals surface area contributed by atoms with Gasteiger partial charge in [-0.2, -0.15) is 13.2 Å². The van der Waals surface area contributed by atoms with E-state index in [1.54, 1.807) is 24.0 Å². The summed E-state index contributed by atoms with van der Waals surface area (Å²) < 4.78 is 45.7. The Kier molecular flexibility index (Phi) is 8.57. The van der Waals surface area contributed by atoms with Crippen molar-refractivity contribution in [2.45, 2.75) is 39.5 Å². The number of halogens is 3. The Bertz CT molecular complexity index is 1130. The van der Waals surface area contributed by atoms with Crippen molar-refractivity contribution in [2.75, 3.05) is 18.4 Å². The zero-order chi connectivity index (χ0) is 25.4. The normalized spacial score (nSPS) is 11.2. The molecule has 1 aromatic heterocycles. The van der Waals surface area contributed by atoms with E-state index in [1.165, 1.54) is 23.1 Å². The Balaban J connectivity index is 1.78. The molecule has 0 atom stereocenters. The Morgan fingerprint density at radius 2 is 1.60 bits per heavy atom. The van der Waals surface area contributed by atoms with Crippen molar-refractivity contribution in [1.82, 2.24) is 9.80 Å². The van der Waals surface area contributed by atoms with Crippen molar-refractivity contribution in [3.63, 3.8) is 0 Å². The first-order valence-corrected chi connectivity index (χ1v) is 11.3. The van der Waals surface area contributed by atoms with E-state index in [9.17, 15) is 22.8 Å². The van der Waals surface area contributed by atoms with Crippen molar-refractivity contribution in [2.24, 2.45) is 0 Å². The van der Waals surface area contributed by atoms with Gasteiger partial charge in [0.1, 0.15) is 18.1 Å². The first-order chi connectivity index (χ1) is 16.7. The summed E-state index contributed by atoms with van der Waals surface area (Å²) in [6.07, 6.45) is -4.10. The quantitative estimate of drug-likeness (QED) is 0.398. The third-order valence-corrected chi connectivity index (χ3v) is 5.29. The van der Waals surface area contributed by atoms with Crippen LogP contribution in [0.3, 0.4) is 0 Å². The Hall–Kier alpha value is -3.75. The van der Waals surface area contributed by atoms with Gasteiger partial charge in [-0.25, -0.2) is 4.79 Å². The Morgan fingerprint density at radius 3 is 2.23 bits per heavy atom. The molecule has 1 N–H and O–H groups in total. The lowest BCUT2D eigenvalue weighted by molar-refractivity contribution is -0.137. The van der Waals surface area contributed by atoms with Crippen LogP contribution in [0.4, 0.5) is 23.7 Å². The monoisotopic (exact) mass is 487 g/mol. The minimum atomic E-state index is -4.62. The predicted octanol–water partition coefficient (Wildman–Crippen LogP) is 6.08. The molecular formula is C26H28F3N3O3. The maximum absolute atomic E-state index is 13.3. The van der Waals surface area contributed by atoms with Crippen LogP contribution in [0.2, 0.25) is 0 Å². The Morgan fingerprint density at radius 1 is 0.914 bits per heavy atom. The van der Waals surface area contributed by atoms with Gasteiger partial charge in [0, 0.05) is 13.1 Å². The van der Waals surface area contributed by atoms with Crippen LogP contribution in [-0.2, 0) is 24.1 Å². The van der Waals surface area contributed by atoms with Gasteiger partial charge in [-0.05, 0) is 43.2 Å². The maximum atomic E-state index is 13.3. The predicted molar refractivity (Wildman–Crippen MR) is 126 cm³/mol. The molecule has 6 nitrogen and oxygen atoms in total. The topological polar surface area (TPSA) is 65.8 Å². The number of alkyl halides is 3. The first kappa shape index (κ1) is 25.9. The summed E-state index contributed by atoms with van der Waals surface area (Å²) in [7, 11) is 0. The SMILES string of the molecule is CCCN(CC(=O)N(Cc1ccccc1)Cc1ccc(C)o1)C(=O)Nc1ccccc1C(F)(F)F. The van der Waals surface area contributed by atoms with Crippen molar-refractivity contribution in [3.8, 4) is 0 Å². The molecule has 3 rings (SSSR count). The second-order valence-corrected chi connectivity index (χ2v) is 8.14. The van der Waals surface area contributed by atoms with Gasteiger partial charge < -0.3 is 19.5 Å². The van der Waals surface area contributed by atoms with E-state index in [0.29, 0.717) is 17.9 Å². The third kappa shape index (κ3) is 7.37. The van der Waals surface area contributed by atoms with E-state index in [-0.39, 0.29) is 37.8 Å². The van der Waals surface area contributed by atoms with Crippen LogP contribution in [0.15, 0.2) is 71.1 Å². The summed E-state index contributed by atoms with van der Waals surface area (Å²) in [4.78, 5) is 29.0. The maximum Gasteiger partial charge on any atom is 0.418 e. The number of benzene rings is 2. The summed E-state index contributed by atoms with van der Waals surface area (Å²) in [5, 5.41) is 2.33. The van der Waals surface area contributed by atoms with Gasteiger partial charge in [-0.3, -0.25) is 4.79 Å². The fraction of sp³-hybridized carbons (Fsp3) is 0.308. The molecule has 2 aromatic carbocycles. The van der Waals surface area contributed by atoms with Crippen LogP contribution in [0.5, 0.6) is 0 Å². The lowest BCUT2D eigenvalue weighted by atomic mass is 10.1. The van der Waals surface area contributed by atoms with Crippen molar-refractivity contribution in [3.05, 3.63) is 89.4 Å². The molecule has 0 radical (unpaired) electrons. The average Bonchev–Trinajstić information content (AvgIpc) is 3.23. The van der Waals surface area contributed by atoms with Crippen LogP contribution in [0, 0.1) is 6.92 Å². The molecule has 9 heteroatoms. The molecule has 0 saturated carbocycles. The molecule has 0 aliphatic heterocycles. The highest BCUT2D eigenvalue weighted by molar-refractivity contribution is 5.93. The van der Waals surface area contributed by atoms with Crippen LogP contribution < -0.4 is 5.32 Å². The highest BCUT2D eigenvalue weighted by atomic mass is 19.4. The number of amides is 3. The highest BCUT2D eigenvalue weighted by Gasteiger charge is 2.34. The van der Waals surface area contributed by atoms with Gasteiger partial charge in [0.15, 0.2) is 0 Å². The number of aryl methyl sites for hydroxylation is 1. The molecule has 0 aliphatic carbocycles. The first-order valence-electron chi connectivity index (χ1n) is 11.3. The standard InChI is InChI=1S/C26H28F3N3O3/c1-3-15-31(25(34)30-23-12-8-7-11-22(23)26(27,28)29)18-24(33)32(16-20-9-5-4-6-10-20)17-21-14-13-19(2)35-21/h4-14H,3,15-18H2,1-2H3,(H,30,34). The second kappa shape index (κ2) is 11.6. The van der Waals surface area contributed by atoms with Crippen LogP contribution in [0.25, 0.3) is 0 Å². The molecule has 186 valence electrons. The number of anilines is 1. The molecule has 0 fully saturated rings. The molecular weight excluding hydrogens is 459 g/mol. The molecule has 0 bridgehead atoms. The van der Waals surface area contributed by atoms with E-state index in [1.807, 2.05) is 37.3 Å². The van der Waals surface area contributed by atoms with Gasteiger partial charge in [0.05, 0.1) is 17.8 Å². The van der Waals surface area contributed by atoms with Crippen molar-refractivity contribution < 1.29 is 27.2 Å². The van der Waals surface area contributed by atoms with Crippen LogP contribution >= 0.6 is 0 Å². The number of furan rings is 1. The summed E-state index contributed by atoms with van der Waals surface area (Å²) in [6, 6.07) is 16.9. The number of hydrogen-bond acceptors (Lipinski definition) is 3. The summed E-state index contributed by atoms with van der Waals surface area (Å²) in [5.74, 6) is 0.954. The van der Waals surface area contributed by atoms with Crippen molar-refractivity contribution in [1.29, 1.82) is 0 Å². The van der Waals surface area contributed by atoms with E-state index < -0.39 is 17.8 Å². The molecule has 0 spiro atoms. The van der Waals surface area contributed by atoms with Gasteiger partial charge >= 0.3 is 12.2 Å². The lowest BCUT2D eigenvalue weighted by Crippen LogP contribution is -2.44. The minimum absolute atomic E-state index is 0.195. The largest absolute Gasteiger partial charge is 0.464 e. The van der Waals surface area contributed by atoms with Crippen molar-refractivity contribution >= 4 is 17.6 Å². The van der Waals surface area contributed by atoms with E-state index in [0.717, 1.165) is 11.6 Å². The van der Waals surface area contributed by atoms with Gasteiger partial charge in [0.25, 0.3) is 0 Å². The molecule has 35 heavy (non-hydrogen) atoms. The number of urea groups is 1. The number of para-hydroxylation sites is 1.